The fourth-order valence-electron chi connectivity index (χ4n) is 2.71. The van der Waals surface area contributed by atoms with Crippen molar-refractivity contribution >= 4 is 6.09 Å². The Hall–Kier alpha value is -0.770. The fraction of sp³-hybridized carbons (Fsp3) is 0.917. The Morgan fingerprint density at radius 3 is 2.50 bits per heavy atom. The maximum absolute atomic E-state index is 11.9. The molecule has 0 aromatic rings. The van der Waals surface area contributed by atoms with Crippen molar-refractivity contribution in [1.29, 1.82) is 0 Å². The minimum absolute atomic E-state index is 0.0235. The van der Waals surface area contributed by atoms with Crippen LogP contribution in [0, 0.1) is 5.92 Å². The molecule has 4 heteroatoms. The molecule has 0 bridgehead atoms. The summed E-state index contributed by atoms with van der Waals surface area (Å²) in [6.07, 6.45) is 2.73. The molecule has 4 nitrogen and oxygen atoms in total. The van der Waals surface area contributed by atoms with Crippen molar-refractivity contribution in [2.24, 2.45) is 5.92 Å². The second-order valence-electron chi connectivity index (χ2n) is 6.06. The van der Waals surface area contributed by atoms with Crippen LogP contribution in [0.3, 0.4) is 0 Å². The number of likely N-dealkylation sites (tertiary alicyclic amines) is 1. The molecule has 1 heterocycles. The molecule has 0 unspecified atom stereocenters. The van der Waals surface area contributed by atoms with Gasteiger partial charge >= 0.3 is 6.09 Å². The molecule has 0 radical (unpaired) electrons. The van der Waals surface area contributed by atoms with E-state index in [2.05, 4.69) is 0 Å². The summed E-state index contributed by atoms with van der Waals surface area (Å²) in [6, 6.07) is 0. The summed E-state index contributed by atoms with van der Waals surface area (Å²) in [4.78, 5) is 13.7. The molecule has 16 heavy (non-hydrogen) atoms. The molecule has 1 amide bonds. The van der Waals surface area contributed by atoms with Crippen LogP contribution in [0.25, 0.3) is 0 Å². The van der Waals surface area contributed by atoms with Gasteiger partial charge in [-0.25, -0.2) is 4.79 Å². The number of aliphatic hydroxyl groups excluding tert-OH is 1. The van der Waals surface area contributed by atoms with Gasteiger partial charge in [-0.15, -0.1) is 0 Å². The van der Waals surface area contributed by atoms with E-state index in [1.807, 2.05) is 25.7 Å². The number of ether oxygens (including phenoxy) is 1. The molecule has 1 N–H and O–H groups in total. The quantitative estimate of drug-likeness (QED) is 0.742. The second kappa shape index (κ2) is 3.62. The van der Waals surface area contributed by atoms with Crippen molar-refractivity contribution in [2.75, 3.05) is 13.2 Å². The molecular formula is C12H21NO3. The fourth-order valence-corrected chi connectivity index (χ4v) is 2.71. The zero-order valence-corrected chi connectivity index (χ0v) is 10.3. The average molecular weight is 227 g/mol. The van der Waals surface area contributed by atoms with Gasteiger partial charge in [0.15, 0.2) is 0 Å². The number of rotatable bonds is 1. The van der Waals surface area contributed by atoms with Gasteiger partial charge in [-0.2, -0.15) is 0 Å². The predicted octanol–water partition coefficient (Wildman–Crippen LogP) is 1.77. The minimum atomic E-state index is -0.423. The maximum Gasteiger partial charge on any atom is 0.410 e. The number of nitrogens with zero attached hydrogens (tertiary/aromatic N) is 1. The summed E-state index contributed by atoms with van der Waals surface area (Å²) >= 11 is 0. The molecular weight excluding hydrogens is 206 g/mol. The highest BCUT2D eigenvalue weighted by atomic mass is 16.6. The van der Waals surface area contributed by atoms with E-state index in [9.17, 15) is 4.79 Å². The lowest BCUT2D eigenvalue weighted by molar-refractivity contribution is -0.111. The van der Waals surface area contributed by atoms with Gasteiger partial charge in [0.25, 0.3) is 0 Å². The first-order chi connectivity index (χ1) is 7.36. The third kappa shape index (κ3) is 1.90. The molecule has 0 atom stereocenters. The highest BCUT2D eigenvalue weighted by Crippen LogP contribution is 2.50. The summed E-state index contributed by atoms with van der Waals surface area (Å²) < 4.78 is 5.37. The van der Waals surface area contributed by atoms with Crippen LogP contribution >= 0.6 is 0 Å². The van der Waals surface area contributed by atoms with Gasteiger partial charge in [-0.3, -0.25) is 0 Å². The van der Waals surface area contributed by atoms with Crippen LogP contribution in [0.5, 0.6) is 0 Å². The predicted molar refractivity (Wildman–Crippen MR) is 60.1 cm³/mol. The molecule has 2 rings (SSSR count). The molecule has 2 fully saturated rings. The van der Waals surface area contributed by atoms with E-state index < -0.39 is 5.60 Å². The highest BCUT2D eigenvalue weighted by molar-refractivity contribution is 5.70. The first-order valence-electron chi connectivity index (χ1n) is 5.98. The van der Waals surface area contributed by atoms with Crippen LogP contribution in [0.1, 0.15) is 40.0 Å². The van der Waals surface area contributed by atoms with Gasteiger partial charge in [0.2, 0.25) is 0 Å². The molecule has 2 aliphatic rings. The third-order valence-electron chi connectivity index (χ3n) is 3.58. The average Bonchev–Trinajstić information content (AvgIpc) is 1.96. The largest absolute Gasteiger partial charge is 0.444 e. The monoisotopic (exact) mass is 227 g/mol. The number of carbonyl (C=O) groups is 1. The Kier molecular flexibility index (Phi) is 2.65. The van der Waals surface area contributed by atoms with Crippen LogP contribution in [0.15, 0.2) is 0 Å². The lowest BCUT2D eigenvalue weighted by Crippen LogP contribution is -2.69. The molecule has 1 saturated heterocycles. The first-order valence-corrected chi connectivity index (χ1v) is 5.98. The second-order valence-corrected chi connectivity index (χ2v) is 6.06. The zero-order chi connectivity index (χ0) is 12.0. The van der Waals surface area contributed by atoms with Crippen LogP contribution in [0.2, 0.25) is 0 Å². The molecule has 1 spiro atoms. The molecule has 0 aromatic heterocycles. The Labute approximate surface area is 96.6 Å². The summed E-state index contributed by atoms with van der Waals surface area (Å²) in [6.45, 7) is 6.69. The van der Waals surface area contributed by atoms with Gasteiger partial charge < -0.3 is 14.7 Å². The van der Waals surface area contributed by atoms with Crippen LogP contribution < -0.4 is 0 Å². The highest BCUT2D eigenvalue weighted by Gasteiger charge is 2.56. The Morgan fingerprint density at radius 1 is 1.50 bits per heavy atom. The summed E-state index contributed by atoms with van der Waals surface area (Å²) in [5, 5.41) is 9.01. The lowest BCUT2D eigenvalue weighted by atomic mass is 9.62. The van der Waals surface area contributed by atoms with E-state index in [-0.39, 0.29) is 18.2 Å². The topological polar surface area (TPSA) is 49.8 Å². The van der Waals surface area contributed by atoms with Crippen molar-refractivity contribution in [3.8, 4) is 0 Å². The summed E-state index contributed by atoms with van der Waals surface area (Å²) in [5.74, 6) is 0.380. The van der Waals surface area contributed by atoms with E-state index in [4.69, 9.17) is 9.84 Å². The molecule has 1 aliphatic carbocycles. The minimum Gasteiger partial charge on any atom is -0.444 e. The van der Waals surface area contributed by atoms with E-state index in [0.29, 0.717) is 5.92 Å². The number of hydrogen-bond donors (Lipinski definition) is 1. The zero-order valence-electron chi connectivity index (χ0n) is 10.3. The Morgan fingerprint density at radius 2 is 2.12 bits per heavy atom. The molecule has 1 saturated carbocycles. The maximum atomic E-state index is 11.9. The number of carbonyl (C=O) groups excluding carboxylic acids is 1. The standard InChI is InChI=1S/C12H21NO3/c1-11(2,3)16-10(15)13-5-4-12(13)6-9(7-12)8-14/h9,14H,4-8H2,1-3H3. The normalized spacial score (nSPS) is 33.2. The summed E-state index contributed by atoms with van der Waals surface area (Å²) in [7, 11) is 0. The number of amides is 1. The van der Waals surface area contributed by atoms with Crippen LogP contribution in [-0.4, -0.2) is 40.4 Å². The van der Waals surface area contributed by atoms with Crippen molar-refractivity contribution in [1.82, 2.24) is 4.90 Å². The lowest BCUT2D eigenvalue weighted by Gasteiger charge is -2.60. The number of aliphatic hydroxyl groups is 1. The third-order valence-corrected chi connectivity index (χ3v) is 3.58. The van der Waals surface area contributed by atoms with Gasteiger partial charge in [0.1, 0.15) is 5.60 Å². The van der Waals surface area contributed by atoms with Crippen molar-refractivity contribution in [3.05, 3.63) is 0 Å². The molecule has 92 valence electrons. The van der Waals surface area contributed by atoms with Gasteiger partial charge in [-0.1, -0.05) is 0 Å². The molecule has 0 aromatic carbocycles. The van der Waals surface area contributed by atoms with Gasteiger partial charge in [0.05, 0.1) is 0 Å². The SMILES string of the molecule is CC(C)(C)OC(=O)N1CCC12CC(CO)C2. The van der Waals surface area contributed by atoms with Crippen molar-refractivity contribution < 1.29 is 14.6 Å². The summed E-state index contributed by atoms with van der Waals surface area (Å²) in [5.41, 5.74) is -0.399. The van der Waals surface area contributed by atoms with Crippen LogP contribution in [0.4, 0.5) is 4.79 Å². The molecule has 1 aliphatic heterocycles. The van der Waals surface area contributed by atoms with E-state index in [1.165, 1.54) is 0 Å². The van der Waals surface area contributed by atoms with E-state index in [1.54, 1.807) is 0 Å². The van der Waals surface area contributed by atoms with Crippen molar-refractivity contribution in [2.45, 2.75) is 51.2 Å². The van der Waals surface area contributed by atoms with Crippen molar-refractivity contribution in [3.63, 3.8) is 0 Å². The van der Waals surface area contributed by atoms with E-state index >= 15 is 0 Å². The van der Waals surface area contributed by atoms with Crippen LogP contribution in [-0.2, 0) is 4.74 Å². The van der Waals surface area contributed by atoms with Gasteiger partial charge in [-0.05, 0) is 46.0 Å². The first kappa shape index (κ1) is 11.7. The Balaban J connectivity index is 1.90. The Bertz CT molecular complexity index is 289. The smallest absolute Gasteiger partial charge is 0.410 e. The number of hydrogen-bond acceptors (Lipinski definition) is 3. The van der Waals surface area contributed by atoms with E-state index in [0.717, 1.165) is 25.8 Å². The van der Waals surface area contributed by atoms with Gasteiger partial charge in [0, 0.05) is 18.7 Å².